The van der Waals surface area contributed by atoms with Crippen LogP contribution in [0, 0.1) is 0 Å². The molecule has 0 saturated heterocycles. The highest BCUT2D eigenvalue weighted by Gasteiger charge is 2.34. The van der Waals surface area contributed by atoms with E-state index in [0.29, 0.717) is 0 Å². The van der Waals surface area contributed by atoms with E-state index in [1.54, 1.807) is 18.2 Å². The lowest BCUT2D eigenvalue weighted by molar-refractivity contribution is -0.116. The Balaban J connectivity index is 2.68. The number of halogens is 3. The van der Waals surface area contributed by atoms with Crippen LogP contribution in [0.3, 0.4) is 0 Å². The monoisotopic (exact) mass is 271 g/mol. The van der Waals surface area contributed by atoms with Crippen LogP contribution < -0.4 is 5.32 Å². The molecule has 5 heteroatoms. The van der Waals surface area contributed by atoms with Gasteiger partial charge in [0.1, 0.15) is 5.78 Å². The quantitative estimate of drug-likeness (QED) is 0.829. The molecule has 0 bridgehead atoms. The van der Waals surface area contributed by atoms with E-state index in [2.05, 4.69) is 5.32 Å². The van der Waals surface area contributed by atoms with Gasteiger partial charge in [0.25, 0.3) is 0 Å². The molecule has 0 fully saturated rings. The van der Waals surface area contributed by atoms with Gasteiger partial charge in [-0.2, -0.15) is 13.2 Å². The van der Waals surface area contributed by atoms with Gasteiger partial charge in [-0.05, 0) is 25.1 Å². The maximum Gasteiger partial charge on any atom is 0.413 e. The second-order valence-corrected chi connectivity index (χ2v) is 4.18. The number of rotatable bonds is 5. The van der Waals surface area contributed by atoms with Crippen molar-refractivity contribution in [2.24, 2.45) is 0 Å². The van der Waals surface area contributed by atoms with Gasteiger partial charge in [-0.15, -0.1) is 0 Å². The summed E-state index contributed by atoms with van der Waals surface area (Å²) in [6, 6.07) is 0. The van der Waals surface area contributed by atoms with Crippen molar-refractivity contribution in [3.63, 3.8) is 0 Å². The predicted octanol–water partition coefficient (Wildman–Crippen LogP) is 3.44. The van der Waals surface area contributed by atoms with Crippen molar-refractivity contribution in [1.29, 1.82) is 0 Å². The van der Waals surface area contributed by atoms with Gasteiger partial charge in [-0.3, -0.25) is 4.79 Å². The topological polar surface area (TPSA) is 29.1 Å². The van der Waals surface area contributed by atoms with Crippen molar-refractivity contribution < 1.29 is 18.0 Å². The second-order valence-electron chi connectivity index (χ2n) is 4.18. The van der Waals surface area contributed by atoms with E-state index in [1.807, 2.05) is 0 Å². The van der Waals surface area contributed by atoms with E-state index in [-0.39, 0.29) is 30.7 Å². The van der Waals surface area contributed by atoms with Gasteiger partial charge in [0.2, 0.25) is 0 Å². The normalized spacial score (nSPS) is 16.0. The fourth-order valence-electron chi connectivity index (χ4n) is 1.61. The average Bonchev–Trinajstić information content (AvgIpc) is 2.52. The summed E-state index contributed by atoms with van der Waals surface area (Å²) in [6.07, 6.45) is 5.07. The molecule has 0 unspecified atom stereocenters. The van der Waals surface area contributed by atoms with Crippen LogP contribution in [0.1, 0.15) is 19.8 Å². The van der Waals surface area contributed by atoms with E-state index in [9.17, 15) is 18.0 Å². The fraction of sp³-hybridized carbons (Fsp3) is 0.357. The maximum atomic E-state index is 12.8. The van der Waals surface area contributed by atoms with E-state index >= 15 is 0 Å². The number of alkyl halides is 3. The number of hydrogen-bond donors (Lipinski definition) is 1. The number of hydrogen-bond acceptors (Lipinski definition) is 2. The largest absolute Gasteiger partial charge is 0.413 e. The second kappa shape index (κ2) is 6.97. The molecule has 0 aromatic heterocycles. The molecule has 2 nitrogen and oxygen atoms in total. The zero-order chi connectivity index (χ0) is 14.3. The summed E-state index contributed by atoms with van der Waals surface area (Å²) in [4.78, 5) is 10.7. The minimum absolute atomic E-state index is 0.00630. The van der Waals surface area contributed by atoms with Gasteiger partial charge in [-0.25, -0.2) is 0 Å². The first-order chi connectivity index (χ1) is 8.91. The Kier molecular flexibility index (Phi) is 5.60. The molecule has 0 spiro atoms. The summed E-state index contributed by atoms with van der Waals surface area (Å²) < 4.78 is 38.5. The van der Waals surface area contributed by atoms with Crippen LogP contribution in [0.2, 0.25) is 0 Å². The Morgan fingerprint density at radius 3 is 2.79 bits per heavy atom. The minimum Gasteiger partial charge on any atom is -0.387 e. The van der Waals surface area contributed by atoms with Gasteiger partial charge in [0.15, 0.2) is 0 Å². The summed E-state index contributed by atoms with van der Waals surface area (Å²) >= 11 is 0. The molecule has 1 N–H and O–H groups in total. The average molecular weight is 271 g/mol. The number of carbonyl (C=O) groups is 1. The van der Waals surface area contributed by atoms with Crippen LogP contribution in [0.15, 0.2) is 47.7 Å². The SMILES string of the molecule is CC(=O)C/C=C/NCC1=C(C(F)(F)F)CC=CC=C1. The van der Waals surface area contributed by atoms with Crippen molar-refractivity contribution in [3.8, 4) is 0 Å². The number of Topliss-reactive ketones (excluding diaryl/α,β-unsaturated/α-hetero) is 1. The lowest BCUT2D eigenvalue weighted by atomic mass is 10.1. The lowest BCUT2D eigenvalue weighted by Crippen LogP contribution is -2.18. The van der Waals surface area contributed by atoms with Crippen LogP contribution in [-0.2, 0) is 4.79 Å². The summed E-state index contributed by atoms with van der Waals surface area (Å²) in [5.74, 6) is 0.00630. The van der Waals surface area contributed by atoms with Gasteiger partial charge in [0.05, 0.1) is 0 Å². The third kappa shape index (κ3) is 5.59. The Morgan fingerprint density at radius 1 is 1.42 bits per heavy atom. The van der Waals surface area contributed by atoms with Gasteiger partial charge >= 0.3 is 6.18 Å². The zero-order valence-electron chi connectivity index (χ0n) is 10.6. The third-order valence-electron chi connectivity index (χ3n) is 2.53. The first-order valence-electron chi connectivity index (χ1n) is 5.91. The highest BCUT2D eigenvalue weighted by Crippen LogP contribution is 2.32. The first kappa shape index (κ1) is 15.3. The molecule has 0 atom stereocenters. The van der Waals surface area contributed by atoms with Crippen molar-refractivity contribution in [1.82, 2.24) is 5.32 Å². The summed E-state index contributed by atoms with van der Waals surface area (Å²) in [5, 5.41) is 2.77. The smallest absolute Gasteiger partial charge is 0.387 e. The van der Waals surface area contributed by atoms with Crippen LogP contribution in [0.5, 0.6) is 0 Å². The molecule has 0 radical (unpaired) electrons. The van der Waals surface area contributed by atoms with Crippen LogP contribution in [0.25, 0.3) is 0 Å². The molecular weight excluding hydrogens is 255 g/mol. The zero-order valence-corrected chi connectivity index (χ0v) is 10.6. The van der Waals surface area contributed by atoms with Gasteiger partial charge < -0.3 is 5.32 Å². The summed E-state index contributed by atoms with van der Waals surface area (Å²) in [6.45, 7) is 1.54. The van der Waals surface area contributed by atoms with E-state index < -0.39 is 11.7 Å². The van der Waals surface area contributed by atoms with E-state index in [4.69, 9.17) is 0 Å². The number of ketones is 1. The number of carbonyl (C=O) groups excluding carboxylic acids is 1. The highest BCUT2D eigenvalue weighted by molar-refractivity contribution is 5.76. The molecular formula is C14H16F3NO. The molecule has 104 valence electrons. The Morgan fingerprint density at radius 2 is 2.16 bits per heavy atom. The molecule has 1 aliphatic rings. The van der Waals surface area contributed by atoms with E-state index in [1.165, 1.54) is 25.3 Å². The van der Waals surface area contributed by atoms with Crippen LogP contribution >= 0.6 is 0 Å². The molecule has 0 aromatic carbocycles. The molecule has 0 aromatic rings. The molecule has 0 amide bonds. The molecule has 1 aliphatic carbocycles. The minimum atomic E-state index is -4.32. The van der Waals surface area contributed by atoms with Crippen molar-refractivity contribution in [3.05, 3.63) is 47.7 Å². The van der Waals surface area contributed by atoms with Crippen LogP contribution in [-0.4, -0.2) is 18.5 Å². The predicted molar refractivity (Wildman–Crippen MR) is 68.4 cm³/mol. The van der Waals surface area contributed by atoms with Crippen molar-refractivity contribution >= 4 is 5.78 Å². The maximum absolute atomic E-state index is 12.8. The van der Waals surface area contributed by atoms with Crippen molar-refractivity contribution in [2.45, 2.75) is 25.9 Å². The Labute approximate surface area is 110 Å². The molecule has 0 aliphatic heterocycles. The molecule has 1 rings (SSSR count). The molecule has 0 saturated carbocycles. The van der Waals surface area contributed by atoms with Crippen LogP contribution in [0.4, 0.5) is 13.2 Å². The lowest BCUT2D eigenvalue weighted by Gasteiger charge is -2.14. The highest BCUT2D eigenvalue weighted by atomic mass is 19.4. The standard InChI is InChI=1S/C14H16F3NO/c1-11(19)6-5-9-18-10-12-7-3-2-4-8-13(12)14(15,16)17/h2-5,7,9,18H,6,8,10H2,1H3/b9-5+. The summed E-state index contributed by atoms with van der Waals surface area (Å²) in [7, 11) is 0. The fourth-order valence-corrected chi connectivity index (χ4v) is 1.61. The third-order valence-corrected chi connectivity index (χ3v) is 2.53. The van der Waals surface area contributed by atoms with E-state index in [0.717, 1.165) is 0 Å². The van der Waals surface area contributed by atoms with Gasteiger partial charge in [-0.1, -0.05) is 30.4 Å². The van der Waals surface area contributed by atoms with Crippen molar-refractivity contribution in [2.75, 3.05) is 6.54 Å². The van der Waals surface area contributed by atoms with Gasteiger partial charge in [0, 0.05) is 18.5 Å². The summed E-state index contributed by atoms with van der Waals surface area (Å²) in [5.41, 5.74) is -0.324. The number of nitrogens with one attached hydrogen (secondary N) is 1. The number of allylic oxidation sites excluding steroid dienone is 5. The molecule has 19 heavy (non-hydrogen) atoms. The molecule has 0 heterocycles. The Bertz CT molecular complexity index is 442. The first-order valence-corrected chi connectivity index (χ1v) is 5.91. The Hall–Kier alpha value is -1.78.